The van der Waals surface area contributed by atoms with Gasteiger partial charge >= 0.3 is 0 Å². The van der Waals surface area contributed by atoms with Crippen LogP contribution in [0.3, 0.4) is 0 Å². The highest BCUT2D eigenvalue weighted by atomic mass is 16.2. The molecule has 10 heteroatoms. The molecule has 3 aromatic heterocycles. The van der Waals surface area contributed by atoms with Crippen LogP contribution in [0.2, 0.25) is 0 Å². The van der Waals surface area contributed by atoms with Crippen molar-refractivity contribution in [2.45, 2.75) is 71.4 Å². The molecule has 0 aromatic carbocycles. The minimum Gasteiger partial charge on any atom is -0.365 e. The van der Waals surface area contributed by atoms with Gasteiger partial charge < -0.3 is 20.5 Å². The van der Waals surface area contributed by atoms with Crippen molar-refractivity contribution in [1.29, 1.82) is 5.26 Å². The minimum absolute atomic E-state index is 0.000949. The number of fused-ring (bicyclic) bond motifs is 1. The molecule has 3 N–H and O–H groups in total. The maximum absolute atomic E-state index is 13.4. The van der Waals surface area contributed by atoms with Crippen LogP contribution in [0.1, 0.15) is 64.9 Å². The highest BCUT2D eigenvalue weighted by Gasteiger charge is 2.33. The first-order valence-electron chi connectivity index (χ1n) is 13.0. The molecule has 37 heavy (non-hydrogen) atoms. The number of nitrogens with zero attached hydrogens (tertiary/aromatic N) is 6. The molecule has 2 aliphatic rings. The maximum atomic E-state index is 13.4. The highest BCUT2D eigenvalue weighted by molar-refractivity contribution is 5.97. The summed E-state index contributed by atoms with van der Waals surface area (Å²) >= 11 is 0. The van der Waals surface area contributed by atoms with E-state index in [0.717, 1.165) is 35.4 Å². The first kappa shape index (κ1) is 24.8. The number of likely N-dealkylation sites (tertiary alicyclic amines) is 1. The van der Waals surface area contributed by atoms with E-state index in [-0.39, 0.29) is 29.0 Å². The average molecular weight is 502 g/mol. The van der Waals surface area contributed by atoms with Crippen molar-refractivity contribution in [2.24, 2.45) is 12.5 Å². The molecule has 0 radical (unpaired) electrons. The van der Waals surface area contributed by atoms with Crippen molar-refractivity contribution < 1.29 is 4.79 Å². The second kappa shape index (κ2) is 9.54. The summed E-state index contributed by atoms with van der Waals surface area (Å²) in [5.74, 6) is 1.56. The number of amides is 1. The minimum atomic E-state index is -0.255. The predicted molar refractivity (Wildman–Crippen MR) is 143 cm³/mol. The van der Waals surface area contributed by atoms with E-state index >= 15 is 0 Å². The van der Waals surface area contributed by atoms with E-state index in [0.29, 0.717) is 18.4 Å². The Hall–Kier alpha value is -3.87. The first-order chi connectivity index (χ1) is 17.6. The number of carbonyl (C=O) groups excluding carboxylic acids is 1. The lowest BCUT2D eigenvalue weighted by molar-refractivity contribution is -0.130. The first-order valence-corrected chi connectivity index (χ1v) is 13.0. The van der Waals surface area contributed by atoms with Gasteiger partial charge in [-0.15, -0.1) is 0 Å². The Morgan fingerprint density at radius 3 is 2.68 bits per heavy atom. The molecule has 10 nitrogen and oxygen atoms in total. The number of allylic oxidation sites excluding steroid dienone is 1. The summed E-state index contributed by atoms with van der Waals surface area (Å²) in [6.07, 6.45) is 11.5. The van der Waals surface area contributed by atoms with Crippen molar-refractivity contribution >= 4 is 34.4 Å². The average Bonchev–Trinajstić information content (AvgIpc) is 3.47. The second-order valence-electron chi connectivity index (χ2n) is 11.4. The Morgan fingerprint density at radius 1 is 1.24 bits per heavy atom. The van der Waals surface area contributed by atoms with Gasteiger partial charge in [-0.25, -0.2) is 0 Å². The van der Waals surface area contributed by atoms with Crippen molar-refractivity contribution in [1.82, 2.24) is 29.6 Å². The van der Waals surface area contributed by atoms with Gasteiger partial charge in [0.1, 0.15) is 23.1 Å². The van der Waals surface area contributed by atoms with E-state index in [1.165, 1.54) is 18.4 Å². The third-order valence-electron chi connectivity index (χ3n) is 6.95. The lowest BCUT2D eigenvalue weighted by Crippen LogP contribution is -2.50. The number of aryl methyl sites for hydroxylation is 1. The van der Waals surface area contributed by atoms with Crippen LogP contribution in [0.5, 0.6) is 0 Å². The quantitative estimate of drug-likeness (QED) is 0.333. The zero-order valence-electron chi connectivity index (χ0n) is 22.2. The summed E-state index contributed by atoms with van der Waals surface area (Å²) in [4.78, 5) is 28.1. The fourth-order valence-electron chi connectivity index (χ4n) is 4.98. The van der Waals surface area contributed by atoms with Gasteiger partial charge in [0, 0.05) is 38.1 Å². The Labute approximate surface area is 217 Å². The standard InChI is InChI=1S/C27H35N9O/c1-16-6-9-19(15-36(16)25(37)18(11-28)10-27(2,3)4)31-24-22-21(17-7-8-17)13-29-23(22)33-26(34-24)32-20-12-30-35(5)14-20/h10,12-14,16-17,19H,6-9,15H2,1-5H3,(H3,29,31,32,33,34)/b18-10+/t16-,19+/m0/s1. The third kappa shape index (κ3) is 5.45. The molecule has 1 saturated heterocycles. The van der Waals surface area contributed by atoms with Gasteiger partial charge in [-0.2, -0.15) is 20.3 Å². The van der Waals surface area contributed by atoms with E-state index < -0.39 is 0 Å². The summed E-state index contributed by atoms with van der Waals surface area (Å²) in [5, 5.41) is 21.8. The molecule has 0 unspecified atom stereocenters. The van der Waals surface area contributed by atoms with Crippen LogP contribution in [-0.4, -0.2) is 54.2 Å². The summed E-state index contributed by atoms with van der Waals surface area (Å²) < 4.78 is 1.72. The number of H-pyrrole nitrogens is 1. The van der Waals surface area contributed by atoms with Gasteiger partial charge in [0.25, 0.3) is 5.91 Å². The molecule has 5 rings (SSSR count). The Kier molecular flexibility index (Phi) is 6.40. The fourth-order valence-corrected chi connectivity index (χ4v) is 4.98. The zero-order valence-corrected chi connectivity index (χ0v) is 22.2. The molecule has 1 amide bonds. The number of hydrogen-bond acceptors (Lipinski definition) is 7. The summed E-state index contributed by atoms with van der Waals surface area (Å²) in [5.41, 5.74) is 2.77. The Bertz CT molecular complexity index is 1380. The highest BCUT2D eigenvalue weighted by Crippen LogP contribution is 2.45. The largest absolute Gasteiger partial charge is 0.365 e. The Morgan fingerprint density at radius 2 is 2.03 bits per heavy atom. The molecule has 0 bridgehead atoms. The number of anilines is 3. The summed E-state index contributed by atoms with van der Waals surface area (Å²) in [6.45, 7) is 8.54. The van der Waals surface area contributed by atoms with Crippen molar-refractivity contribution in [3.63, 3.8) is 0 Å². The van der Waals surface area contributed by atoms with Crippen LogP contribution in [0, 0.1) is 16.7 Å². The molecular weight excluding hydrogens is 466 g/mol. The molecule has 1 aliphatic heterocycles. The fraction of sp³-hybridized carbons (Fsp3) is 0.519. The van der Waals surface area contributed by atoms with Gasteiger partial charge in [-0.05, 0) is 49.5 Å². The molecule has 194 valence electrons. The summed E-state index contributed by atoms with van der Waals surface area (Å²) in [6, 6.07) is 2.19. The van der Waals surface area contributed by atoms with E-state index in [2.05, 4.69) is 33.7 Å². The maximum Gasteiger partial charge on any atom is 0.264 e. The third-order valence-corrected chi connectivity index (χ3v) is 6.95. The summed E-state index contributed by atoms with van der Waals surface area (Å²) in [7, 11) is 1.86. The molecule has 0 spiro atoms. The number of piperidine rings is 1. The molecule has 4 heterocycles. The van der Waals surface area contributed by atoms with Crippen molar-refractivity contribution in [3.05, 3.63) is 35.8 Å². The van der Waals surface area contributed by atoms with E-state index in [1.807, 2.05) is 45.1 Å². The number of rotatable bonds is 6. The van der Waals surface area contributed by atoms with Crippen LogP contribution in [0.15, 0.2) is 30.2 Å². The lowest BCUT2D eigenvalue weighted by atomic mass is 9.92. The predicted octanol–water partition coefficient (Wildman–Crippen LogP) is 4.60. The normalized spacial score (nSPS) is 20.6. The number of carbonyl (C=O) groups is 1. The number of hydrogen-bond donors (Lipinski definition) is 3. The molecule has 3 aromatic rings. The van der Waals surface area contributed by atoms with Crippen LogP contribution >= 0.6 is 0 Å². The monoisotopic (exact) mass is 501 g/mol. The van der Waals surface area contributed by atoms with E-state index in [1.54, 1.807) is 17.0 Å². The topological polar surface area (TPSA) is 128 Å². The molecule has 1 saturated carbocycles. The Balaban J connectivity index is 1.43. The van der Waals surface area contributed by atoms with Crippen LogP contribution in [0.25, 0.3) is 11.0 Å². The van der Waals surface area contributed by atoms with Gasteiger partial charge in [-0.3, -0.25) is 9.48 Å². The molecule has 2 fully saturated rings. The SMILES string of the molecule is C[C@H]1CC[C@@H](Nc2nc(Nc3cnn(C)c3)nc3[nH]cc(C4CC4)c23)CN1C(=O)/C(C#N)=C/C(C)(C)C. The van der Waals surface area contributed by atoms with Crippen LogP contribution in [0.4, 0.5) is 17.5 Å². The zero-order chi connectivity index (χ0) is 26.3. The van der Waals surface area contributed by atoms with Crippen molar-refractivity contribution in [3.8, 4) is 6.07 Å². The molecule has 2 atom stereocenters. The van der Waals surface area contributed by atoms with Crippen molar-refractivity contribution in [2.75, 3.05) is 17.2 Å². The lowest BCUT2D eigenvalue weighted by Gasteiger charge is -2.38. The number of nitrogens with one attached hydrogen (secondary N) is 3. The number of aromatic amines is 1. The second-order valence-corrected chi connectivity index (χ2v) is 11.4. The van der Waals surface area contributed by atoms with Crippen LogP contribution in [-0.2, 0) is 11.8 Å². The van der Waals surface area contributed by atoms with Gasteiger partial charge in [0.2, 0.25) is 5.95 Å². The van der Waals surface area contributed by atoms with Gasteiger partial charge in [0.15, 0.2) is 0 Å². The van der Waals surface area contributed by atoms with E-state index in [9.17, 15) is 10.1 Å². The molecular formula is C27H35N9O. The van der Waals surface area contributed by atoms with E-state index in [4.69, 9.17) is 9.97 Å². The molecule has 1 aliphatic carbocycles. The number of aromatic nitrogens is 5. The number of nitriles is 1. The van der Waals surface area contributed by atoms with Gasteiger partial charge in [-0.1, -0.05) is 26.8 Å². The van der Waals surface area contributed by atoms with Crippen LogP contribution < -0.4 is 10.6 Å². The smallest absolute Gasteiger partial charge is 0.264 e. The van der Waals surface area contributed by atoms with Gasteiger partial charge in [0.05, 0.1) is 17.3 Å².